The molecule has 4 heteroatoms. The molecule has 17 heavy (non-hydrogen) atoms. The van der Waals surface area contributed by atoms with Crippen LogP contribution >= 0.6 is 0 Å². The van der Waals surface area contributed by atoms with Crippen molar-refractivity contribution in [2.75, 3.05) is 46.3 Å². The second kappa shape index (κ2) is 6.36. The van der Waals surface area contributed by atoms with Crippen LogP contribution in [-0.4, -0.2) is 62.0 Å². The Morgan fingerprint density at radius 2 is 2.00 bits per heavy atom. The van der Waals surface area contributed by atoms with Gasteiger partial charge >= 0.3 is 0 Å². The SMILES string of the molecule is CNCC1CCCN(CC(=O)N2CCCC2)C1. The van der Waals surface area contributed by atoms with E-state index >= 15 is 0 Å². The predicted molar refractivity (Wildman–Crippen MR) is 68.9 cm³/mol. The Bertz CT molecular complexity index is 249. The topological polar surface area (TPSA) is 35.6 Å². The fraction of sp³-hybridized carbons (Fsp3) is 0.923. The number of rotatable bonds is 4. The summed E-state index contributed by atoms with van der Waals surface area (Å²) in [5, 5.41) is 3.24. The molecule has 2 fully saturated rings. The van der Waals surface area contributed by atoms with Gasteiger partial charge in [0.1, 0.15) is 0 Å². The van der Waals surface area contributed by atoms with Crippen molar-refractivity contribution in [2.24, 2.45) is 5.92 Å². The molecule has 0 saturated carbocycles. The van der Waals surface area contributed by atoms with Gasteiger partial charge in [0.25, 0.3) is 0 Å². The van der Waals surface area contributed by atoms with Gasteiger partial charge in [-0.25, -0.2) is 0 Å². The van der Waals surface area contributed by atoms with Gasteiger partial charge in [-0.2, -0.15) is 0 Å². The number of hydrogen-bond acceptors (Lipinski definition) is 3. The fourth-order valence-electron chi connectivity index (χ4n) is 3.01. The van der Waals surface area contributed by atoms with Crippen molar-refractivity contribution in [2.45, 2.75) is 25.7 Å². The molecular weight excluding hydrogens is 214 g/mol. The lowest BCUT2D eigenvalue weighted by molar-refractivity contribution is -0.131. The van der Waals surface area contributed by atoms with Crippen molar-refractivity contribution < 1.29 is 4.79 Å². The van der Waals surface area contributed by atoms with E-state index in [4.69, 9.17) is 0 Å². The highest BCUT2D eigenvalue weighted by Crippen LogP contribution is 2.16. The number of likely N-dealkylation sites (tertiary alicyclic amines) is 2. The van der Waals surface area contributed by atoms with E-state index in [9.17, 15) is 4.79 Å². The van der Waals surface area contributed by atoms with Gasteiger partial charge in [0.2, 0.25) is 5.91 Å². The zero-order valence-corrected chi connectivity index (χ0v) is 11.0. The molecule has 2 rings (SSSR count). The minimum atomic E-state index is 0.340. The van der Waals surface area contributed by atoms with Crippen LogP contribution in [0.3, 0.4) is 0 Å². The molecule has 0 radical (unpaired) electrons. The molecule has 2 aliphatic rings. The summed E-state index contributed by atoms with van der Waals surface area (Å²) in [5.74, 6) is 1.06. The highest BCUT2D eigenvalue weighted by molar-refractivity contribution is 5.78. The van der Waals surface area contributed by atoms with Gasteiger partial charge in [0.05, 0.1) is 6.54 Å². The molecule has 2 saturated heterocycles. The van der Waals surface area contributed by atoms with Crippen LogP contribution in [-0.2, 0) is 4.79 Å². The molecular formula is C13H25N3O. The van der Waals surface area contributed by atoms with E-state index in [0.717, 1.165) is 38.6 Å². The van der Waals surface area contributed by atoms with Crippen LogP contribution in [0.5, 0.6) is 0 Å². The maximum absolute atomic E-state index is 12.0. The van der Waals surface area contributed by atoms with E-state index in [-0.39, 0.29) is 0 Å². The van der Waals surface area contributed by atoms with Crippen LogP contribution in [0.1, 0.15) is 25.7 Å². The Hall–Kier alpha value is -0.610. The summed E-state index contributed by atoms with van der Waals surface area (Å²) in [4.78, 5) is 16.4. The average Bonchev–Trinajstić information content (AvgIpc) is 2.83. The Kier molecular flexibility index (Phi) is 4.80. The van der Waals surface area contributed by atoms with Gasteiger partial charge in [0.15, 0.2) is 0 Å². The maximum Gasteiger partial charge on any atom is 0.236 e. The van der Waals surface area contributed by atoms with Crippen molar-refractivity contribution in [1.29, 1.82) is 0 Å². The van der Waals surface area contributed by atoms with E-state index in [1.54, 1.807) is 0 Å². The molecule has 0 bridgehead atoms. The Morgan fingerprint density at radius 3 is 2.71 bits per heavy atom. The summed E-state index contributed by atoms with van der Waals surface area (Å²) in [6, 6.07) is 0. The highest BCUT2D eigenvalue weighted by Gasteiger charge is 2.24. The summed E-state index contributed by atoms with van der Waals surface area (Å²) in [5.41, 5.74) is 0. The largest absolute Gasteiger partial charge is 0.342 e. The van der Waals surface area contributed by atoms with Crippen LogP contribution in [0.25, 0.3) is 0 Å². The molecule has 98 valence electrons. The molecule has 0 aliphatic carbocycles. The quantitative estimate of drug-likeness (QED) is 0.778. The van der Waals surface area contributed by atoms with E-state index in [2.05, 4.69) is 10.2 Å². The lowest BCUT2D eigenvalue weighted by Crippen LogP contribution is -2.45. The zero-order chi connectivity index (χ0) is 12.1. The predicted octanol–water partition coefficient (Wildman–Crippen LogP) is 0.540. The lowest BCUT2D eigenvalue weighted by Gasteiger charge is -2.33. The van der Waals surface area contributed by atoms with Crippen LogP contribution in [0, 0.1) is 5.92 Å². The molecule has 2 heterocycles. The minimum absolute atomic E-state index is 0.340. The van der Waals surface area contributed by atoms with Gasteiger partial charge in [0, 0.05) is 19.6 Å². The monoisotopic (exact) mass is 239 g/mol. The van der Waals surface area contributed by atoms with Crippen LogP contribution in [0.2, 0.25) is 0 Å². The number of hydrogen-bond donors (Lipinski definition) is 1. The second-order valence-corrected chi connectivity index (χ2v) is 5.39. The Morgan fingerprint density at radius 1 is 1.24 bits per heavy atom. The smallest absolute Gasteiger partial charge is 0.236 e. The first kappa shape index (κ1) is 12.8. The highest BCUT2D eigenvalue weighted by atomic mass is 16.2. The van der Waals surface area contributed by atoms with Gasteiger partial charge in [-0.15, -0.1) is 0 Å². The summed E-state index contributed by atoms with van der Waals surface area (Å²) in [6.07, 6.45) is 4.91. The fourth-order valence-corrected chi connectivity index (χ4v) is 3.01. The van der Waals surface area contributed by atoms with Crippen molar-refractivity contribution in [1.82, 2.24) is 15.1 Å². The normalized spacial score (nSPS) is 26.4. The van der Waals surface area contributed by atoms with Crippen molar-refractivity contribution in [3.63, 3.8) is 0 Å². The Balaban J connectivity index is 1.75. The van der Waals surface area contributed by atoms with Crippen molar-refractivity contribution >= 4 is 5.91 Å². The van der Waals surface area contributed by atoms with E-state index in [1.165, 1.54) is 25.7 Å². The van der Waals surface area contributed by atoms with Gasteiger partial charge in [-0.1, -0.05) is 0 Å². The number of piperidine rings is 1. The van der Waals surface area contributed by atoms with Gasteiger partial charge < -0.3 is 10.2 Å². The summed E-state index contributed by atoms with van der Waals surface area (Å²) < 4.78 is 0. The third-order valence-corrected chi connectivity index (χ3v) is 3.91. The van der Waals surface area contributed by atoms with Crippen molar-refractivity contribution in [3.05, 3.63) is 0 Å². The summed E-state index contributed by atoms with van der Waals surface area (Å²) >= 11 is 0. The standard InChI is InChI=1S/C13H25N3O/c1-14-9-12-5-4-6-15(10-12)11-13(17)16-7-2-3-8-16/h12,14H,2-11H2,1H3. The van der Waals surface area contributed by atoms with E-state index in [0.29, 0.717) is 12.5 Å². The molecule has 0 aromatic heterocycles. The van der Waals surface area contributed by atoms with E-state index < -0.39 is 0 Å². The van der Waals surface area contributed by atoms with Crippen molar-refractivity contribution in [3.8, 4) is 0 Å². The molecule has 0 aromatic rings. The van der Waals surface area contributed by atoms with Gasteiger partial charge in [-0.05, 0) is 51.7 Å². The minimum Gasteiger partial charge on any atom is -0.342 e. The summed E-state index contributed by atoms with van der Waals surface area (Å²) in [7, 11) is 2.01. The molecule has 1 amide bonds. The average molecular weight is 239 g/mol. The maximum atomic E-state index is 12.0. The van der Waals surface area contributed by atoms with Crippen LogP contribution in [0.15, 0.2) is 0 Å². The first-order valence-electron chi connectivity index (χ1n) is 6.94. The first-order valence-corrected chi connectivity index (χ1v) is 6.94. The van der Waals surface area contributed by atoms with Crippen LogP contribution in [0.4, 0.5) is 0 Å². The molecule has 1 N–H and O–H groups in total. The lowest BCUT2D eigenvalue weighted by atomic mass is 9.98. The van der Waals surface area contributed by atoms with E-state index in [1.807, 2.05) is 11.9 Å². The third kappa shape index (κ3) is 3.68. The molecule has 4 nitrogen and oxygen atoms in total. The van der Waals surface area contributed by atoms with Gasteiger partial charge in [-0.3, -0.25) is 9.69 Å². The number of nitrogens with zero attached hydrogens (tertiary/aromatic N) is 2. The zero-order valence-electron chi connectivity index (χ0n) is 11.0. The third-order valence-electron chi connectivity index (χ3n) is 3.91. The molecule has 1 atom stereocenters. The first-order chi connectivity index (χ1) is 8.29. The number of amides is 1. The molecule has 1 unspecified atom stereocenters. The number of carbonyl (C=O) groups excluding carboxylic acids is 1. The number of carbonyl (C=O) groups is 1. The Labute approximate surface area is 104 Å². The second-order valence-electron chi connectivity index (χ2n) is 5.39. The summed E-state index contributed by atoms with van der Waals surface area (Å²) in [6.45, 7) is 5.86. The van der Waals surface area contributed by atoms with Crippen LogP contribution < -0.4 is 5.32 Å². The molecule has 2 aliphatic heterocycles. The molecule has 0 spiro atoms. The molecule has 0 aromatic carbocycles. The number of nitrogens with one attached hydrogen (secondary N) is 1.